The lowest BCUT2D eigenvalue weighted by atomic mass is 9.92. The minimum Gasteiger partial charge on any atom is -0.288 e. The molecule has 0 aromatic heterocycles. The summed E-state index contributed by atoms with van der Waals surface area (Å²) in [5.41, 5.74) is 2.46. The molecule has 3 nitrogen and oxygen atoms in total. The number of carbonyl (C=O) groups is 2. The van der Waals surface area contributed by atoms with Gasteiger partial charge in [0.1, 0.15) is 5.82 Å². The van der Waals surface area contributed by atoms with Gasteiger partial charge in [0.2, 0.25) is 0 Å². The summed E-state index contributed by atoms with van der Waals surface area (Å²) in [7, 11) is 0. The van der Waals surface area contributed by atoms with Crippen molar-refractivity contribution in [2.75, 3.05) is 0 Å². The van der Waals surface area contributed by atoms with E-state index in [1.54, 1.807) is 12.1 Å². The fraction of sp³-hybridized carbons (Fsp3) is 0.273. The van der Waals surface area contributed by atoms with Crippen LogP contribution in [-0.2, 0) is 9.59 Å². The van der Waals surface area contributed by atoms with E-state index in [-0.39, 0.29) is 11.7 Å². The smallest absolute Gasteiger partial charge is 0.258 e. The highest BCUT2D eigenvalue weighted by molar-refractivity contribution is 6.25. The minimum atomic E-state index is -0.501. The first-order valence-corrected chi connectivity index (χ1v) is 8.77. The normalized spacial score (nSPS) is 16.8. The topological polar surface area (TPSA) is 46.2 Å². The molecule has 0 heterocycles. The standard InChI is InChI=1S/C22H24FNO2/c1-4-5-16(3)21(25)24-22(26)20(18-10-12-19(23)13-11-18)14-17-8-6-15(2)7-9-17/h6-8,10-14,17H,3-5,9H2,1-2H3,(H,24,25,26)/b20-14+. The van der Waals surface area contributed by atoms with E-state index in [4.69, 9.17) is 0 Å². The van der Waals surface area contributed by atoms with Gasteiger partial charge in [-0.3, -0.25) is 14.9 Å². The van der Waals surface area contributed by atoms with Crippen molar-refractivity contribution in [1.29, 1.82) is 0 Å². The first-order valence-electron chi connectivity index (χ1n) is 8.77. The van der Waals surface area contributed by atoms with Crippen molar-refractivity contribution in [3.05, 3.63) is 77.7 Å². The number of halogens is 1. The zero-order valence-corrected chi connectivity index (χ0v) is 15.2. The molecule has 0 bridgehead atoms. The molecule has 0 fully saturated rings. The number of benzene rings is 1. The first kappa shape index (κ1) is 19.6. The zero-order valence-electron chi connectivity index (χ0n) is 15.2. The van der Waals surface area contributed by atoms with Crippen LogP contribution in [0.3, 0.4) is 0 Å². The van der Waals surface area contributed by atoms with Gasteiger partial charge in [-0.25, -0.2) is 4.39 Å². The molecule has 0 radical (unpaired) electrons. The number of amides is 2. The van der Waals surface area contributed by atoms with Crippen LogP contribution in [0, 0.1) is 11.7 Å². The Bertz CT molecular complexity index is 785. The van der Waals surface area contributed by atoms with Crippen molar-refractivity contribution in [2.24, 2.45) is 5.92 Å². The summed E-state index contributed by atoms with van der Waals surface area (Å²) >= 11 is 0. The molecule has 0 spiro atoms. The van der Waals surface area contributed by atoms with Gasteiger partial charge < -0.3 is 0 Å². The molecule has 136 valence electrons. The maximum absolute atomic E-state index is 13.2. The van der Waals surface area contributed by atoms with Gasteiger partial charge in [0.15, 0.2) is 0 Å². The molecule has 2 amide bonds. The lowest BCUT2D eigenvalue weighted by molar-refractivity contribution is -0.125. The van der Waals surface area contributed by atoms with Crippen LogP contribution in [0.4, 0.5) is 4.39 Å². The Labute approximate surface area is 154 Å². The summed E-state index contributed by atoms with van der Waals surface area (Å²) in [5.74, 6) is -1.31. The number of allylic oxidation sites excluding steroid dienone is 5. The molecular formula is C22H24FNO2. The molecule has 1 aliphatic carbocycles. The molecular weight excluding hydrogens is 329 g/mol. The Hall–Kier alpha value is -2.75. The number of hydrogen-bond donors (Lipinski definition) is 1. The number of rotatable bonds is 6. The predicted octanol–water partition coefficient (Wildman–Crippen LogP) is 4.73. The van der Waals surface area contributed by atoms with Crippen molar-refractivity contribution < 1.29 is 14.0 Å². The molecule has 0 saturated heterocycles. The summed E-state index contributed by atoms with van der Waals surface area (Å²) in [6.45, 7) is 7.67. The second kappa shape index (κ2) is 9.09. The van der Waals surface area contributed by atoms with Crippen molar-refractivity contribution in [3.8, 4) is 0 Å². The van der Waals surface area contributed by atoms with Crippen molar-refractivity contribution >= 4 is 17.4 Å². The van der Waals surface area contributed by atoms with E-state index in [0.717, 1.165) is 12.8 Å². The van der Waals surface area contributed by atoms with Crippen LogP contribution < -0.4 is 5.32 Å². The average molecular weight is 353 g/mol. The van der Waals surface area contributed by atoms with Crippen LogP contribution in [-0.4, -0.2) is 11.8 Å². The van der Waals surface area contributed by atoms with E-state index >= 15 is 0 Å². The van der Waals surface area contributed by atoms with E-state index in [1.165, 1.54) is 17.7 Å². The molecule has 1 aromatic carbocycles. The lowest BCUT2D eigenvalue weighted by Crippen LogP contribution is -2.32. The molecule has 0 saturated carbocycles. The third-order valence-electron chi connectivity index (χ3n) is 4.20. The van der Waals surface area contributed by atoms with Gasteiger partial charge in [-0.1, -0.05) is 61.9 Å². The van der Waals surface area contributed by atoms with Crippen LogP contribution in [0.15, 0.2) is 66.3 Å². The zero-order chi connectivity index (χ0) is 19.1. The molecule has 1 atom stereocenters. The molecule has 0 aliphatic heterocycles. The van der Waals surface area contributed by atoms with Crippen molar-refractivity contribution in [1.82, 2.24) is 5.32 Å². The third kappa shape index (κ3) is 5.38. The number of carbonyl (C=O) groups excluding carboxylic acids is 2. The van der Waals surface area contributed by atoms with Crippen LogP contribution in [0.1, 0.15) is 38.7 Å². The molecule has 1 aromatic rings. The fourth-order valence-electron chi connectivity index (χ4n) is 2.69. The van der Waals surface area contributed by atoms with Gasteiger partial charge in [0.05, 0.1) is 0 Å². The Kier molecular flexibility index (Phi) is 6.84. The van der Waals surface area contributed by atoms with E-state index in [1.807, 2.05) is 32.1 Å². The summed E-state index contributed by atoms with van der Waals surface area (Å²) in [5, 5.41) is 2.40. The molecule has 4 heteroatoms. The average Bonchev–Trinajstić information content (AvgIpc) is 2.62. The number of nitrogens with one attached hydrogen (secondary N) is 1. The third-order valence-corrected chi connectivity index (χ3v) is 4.20. The van der Waals surface area contributed by atoms with Gasteiger partial charge in [-0.2, -0.15) is 0 Å². The van der Waals surface area contributed by atoms with E-state index < -0.39 is 11.8 Å². The van der Waals surface area contributed by atoms with Crippen molar-refractivity contribution in [2.45, 2.75) is 33.1 Å². The summed E-state index contributed by atoms with van der Waals surface area (Å²) in [6.07, 6.45) is 10.0. The van der Waals surface area contributed by atoms with Gasteiger partial charge in [-0.05, 0) is 43.4 Å². The molecule has 2 rings (SSSR count). The Morgan fingerprint density at radius 3 is 2.54 bits per heavy atom. The van der Waals surface area contributed by atoms with Gasteiger partial charge in [-0.15, -0.1) is 0 Å². The van der Waals surface area contributed by atoms with Crippen LogP contribution in [0.5, 0.6) is 0 Å². The highest BCUT2D eigenvalue weighted by atomic mass is 19.1. The Morgan fingerprint density at radius 2 is 1.96 bits per heavy atom. The maximum Gasteiger partial charge on any atom is 0.258 e. The fourth-order valence-corrected chi connectivity index (χ4v) is 2.69. The van der Waals surface area contributed by atoms with E-state index in [0.29, 0.717) is 23.1 Å². The number of imide groups is 1. The van der Waals surface area contributed by atoms with Gasteiger partial charge in [0.25, 0.3) is 11.8 Å². The van der Waals surface area contributed by atoms with E-state index in [2.05, 4.69) is 18.0 Å². The van der Waals surface area contributed by atoms with Crippen LogP contribution >= 0.6 is 0 Å². The Balaban J connectivity index is 2.27. The predicted molar refractivity (Wildman–Crippen MR) is 103 cm³/mol. The van der Waals surface area contributed by atoms with Crippen molar-refractivity contribution in [3.63, 3.8) is 0 Å². The monoisotopic (exact) mass is 353 g/mol. The largest absolute Gasteiger partial charge is 0.288 e. The summed E-state index contributed by atoms with van der Waals surface area (Å²) in [4.78, 5) is 24.8. The lowest BCUT2D eigenvalue weighted by Gasteiger charge is -2.15. The quantitative estimate of drug-likeness (QED) is 0.752. The maximum atomic E-state index is 13.2. The van der Waals surface area contributed by atoms with Gasteiger partial charge in [0, 0.05) is 11.1 Å². The van der Waals surface area contributed by atoms with E-state index in [9.17, 15) is 14.0 Å². The van der Waals surface area contributed by atoms with Gasteiger partial charge >= 0.3 is 0 Å². The van der Waals surface area contributed by atoms with Crippen LogP contribution in [0.25, 0.3) is 5.57 Å². The minimum absolute atomic E-state index is 0.0402. The SMILES string of the molecule is C=C(CCC)C(=O)NC(=O)/C(=C/C1C=CC(C)=CC1)c1ccc(F)cc1. The second-order valence-electron chi connectivity index (χ2n) is 6.43. The molecule has 1 unspecified atom stereocenters. The first-order chi connectivity index (χ1) is 12.4. The highest BCUT2D eigenvalue weighted by Gasteiger charge is 2.18. The number of hydrogen-bond acceptors (Lipinski definition) is 2. The van der Waals surface area contributed by atoms with Crippen LogP contribution in [0.2, 0.25) is 0 Å². The summed E-state index contributed by atoms with van der Waals surface area (Å²) < 4.78 is 13.2. The molecule has 26 heavy (non-hydrogen) atoms. The molecule has 1 aliphatic rings. The summed E-state index contributed by atoms with van der Waals surface area (Å²) in [6, 6.07) is 5.68. The highest BCUT2D eigenvalue weighted by Crippen LogP contribution is 2.23. The second-order valence-corrected chi connectivity index (χ2v) is 6.43. The Morgan fingerprint density at radius 1 is 1.27 bits per heavy atom. The molecule has 1 N–H and O–H groups in total.